The third kappa shape index (κ3) is 3.70. The molecule has 0 fully saturated rings. The minimum absolute atomic E-state index is 0.143. The Morgan fingerprint density at radius 2 is 2.21 bits per heavy atom. The molecular formula is C16H19N5O2S. The zero-order chi connectivity index (χ0) is 16.9. The predicted octanol–water partition coefficient (Wildman–Crippen LogP) is 2.51. The molecule has 7 nitrogen and oxygen atoms in total. The number of anilines is 1. The van der Waals surface area contributed by atoms with Gasteiger partial charge < -0.3 is 10.1 Å². The molecule has 24 heavy (non-hydrogen) atoms. The second-order valence-electron chi connectivity index (χ2n) is 5.23. The SMILES string of the molecule is CCCc1cc(=O)n2nc(NCc3ccnc(OCC)c3)sc2n1. The van der Waals surface area contributed by atoms with Crippen LogP contribution in [0.5, 0.6) is 5.88 Å². The fourth-order valence-electron chi connectivity index (χ4n) is 2.28. The van der Waals surface area contributed by atoms with E-state index in [9.17, 15) is 4.79 Å². The van der Waals surface area contributed by atoms with Crippen LogP contribution in [-0.4, -0.2) is 26.2 Å². The van der Waals surface area contributed by atoms with Crippen LogP contribution in [0.4, 0.5) is 5.13 Å². The third-order valence-corrected chi connectivity index (χ3v) is 4.21. The lowest BCUT2D eigenvalue weighted by Gasteiger charge is -2.05. The maximum Gasteiger partial charge on any atom is 0.275 e. The van der Waals surface area contributed by atoms with E-state index in [1.165, 1.54) is 15.9 Å². The lowest BCUT2D eigenvalue weighted by molar-refractivity contribution is 0.326. The van der Waals surface area contributed by atoms with Crippen molar-refractivity contribution in [2.75, 3.05) is 11.9 Å². The van der Waals surface area contributed by atoms with Crippen molar-refractivity contribution < 1.29 is 4.74 Å². The van der Waals surface area contributed by atoms with Crippen LogP contribution in [-0.2, 0) is 13.0 Å². The van der Waals surface area contributed by atoms with E-state index in [0.717, 1.165) is 24.1 Å². The first kappa shape index (κ1) is 16.4. The Labute approximate surface area is 143 Å². The second kappa shape index (κ2) is 7.39. The number of hydrogen-bond acceptors (Lipinski definition) is 7. The number of nitrogens with one attached hydrogen (secondary N) is 1. The van der Waals surface area contributed by atoms with E-state index in [1.54, 1.807) is 12.3 Å². The Balaban J connectivity index is 1.77. The highest BCUT2D eigenvalue weighted by Gasteiger charge is 2.09. The first-order valence-electron chi connectivity index (χ1n) is 7.91. The van der Waals surface area contributed by atoms with Gasteiger partial charge in [0.05, 0.1) is 6.61 Å². The fraction of sp³-hybridized carbons (Fsp3) is 0.375. The van der Waals surface area contributed by atoms with Crippen molar-refractivity contribution in [1.82, 2.24) is 19.6 Å². The third-order valence-electron chi connectivity index (χ3n) is 3.34. The summed E-state index contributed by atoms with van der Waals surface area (Å²) in [5, 5.41) is 8.17. The predicted molar refractivity (Wildman–Crippen MR) is 93.9 cm³/mol. The molecule has 0 aliphatic carbocycles. The van der Waals surface area contributed by atoms with Gasteiger partial charge in [-0.15, -0.1) is 5.10 Å². The molecule has 0 saturated carbocycles. The van der Waals surface area contributed by atoms with Gasteiger partial charge in [0.2, 0.25) is 16.0 Å². The van der Waals surface area contributed by atoms with Crippen molar-refractivity contribution in [3.63, 3.8) is 0 Å². The molecular weight excluding hydrogens is 326 g/mol. The monoisotopic (exact) mass is 345 g/mol. The molecule has 0 aromatic carbocycles. The van der Waals surface area contributed by atoms with Crippen LogP contribution >= 0.6 is 11.3 Å². The quantitative estimate of drug-likeness (QED) is 0.708. The molecule has 0 spiro atoms. The first-order valence-corrected chi connectivity index (χ1v) is 8.72. The zero-order valence-corrected chi connectivity index (χ0v) is 14.5. The van der Waals surface area contributed by atoms with E-state index < -0.39 is 0 Å². The van der Waals surface area contributed by atoms with Crippen molar-refractivity contribution in [1.29, 1.82) is 0 Å². The molecule has 0 amide bonds. The molecule has 0 bridgehead atoms. The number of ether oxygens (including phenoxy) is 1. The Bertz CT molecular complexity index is 890. The minimum Gasteiger partial charge on any atom is -0.478 e. The maximum atomic E-state index is 12.1. The first-order chi connectivity index (χ1) is 11.7. The van der Waals surface area contributed by atoms with E-state index in [-0.39, 0.29) is 5.56 Å². The van der Waals surface area contributed by atoms with Crippen LogP contribution in [0.15, 0.2) is 29.2 Å². The summed E-state index contributed by atoms with van der Waals surface area (Å²) in [4.78, 5) is 21.3. The normalized spacial score (nSPS) is 10.9. The number of aryl methyl sites for hydroxylation is 1. The van der Waals surface area contributed by atoms with Crippen LogP contribution in [0.2, 0.25) is 0 Å². The van der Waals surface area contributed by atoms with E-state index >= 15 is 0 Å². The number of nitrogens with zero attached hydrogens (tertiary/aromatic N) is 4. The van der Waals surface area contributed by atoms with Gasteiger partial charge in [-0.2, -0.15) is 4.52 Å². The molecule has 0 saturated heterocycles. The maximum absolute atomic E-state index is 12.1. The highest BCUT2D eigenvalue weighted by atomic mass is 32.1. The van der Waals surface area contributed by atoms with Crippen molar-refractivity contribution >= 4 is 21.4 Å². The van der Waals surface area contributed by atoms with Gasteiger partial charge in [-0.25, -0.2) is 9.97 Å². The molecule has 8 heteroatoms. The molecule has 1 N–H and O–H groups in total. The Kier molecular flexibility index (Phi) is 5.05. The van der Waals surface area contributed by atoms with Gasteiger partial charge in [0.25, 0.3) is 5.56 Å². The summed E-state index contributed by atoms with van der Waals surface area (Å²) in [7, 11) is 0. The summed E-state index contributed by atoms with van der Waals surface area (Å²) in [6, 6.07) is 5.34. The van der Waals surface area contributed by atoms with Crippen molar-refractivity contribution in [2.24, 2.45) is 0 Å². The molecule has 3 heterocycles. The van der Waals surface area contributed by atoms with Gasteiger partial charge in [0.15, 0.2) is 0 Å². The lowest BCUT2D eigenvalue weighted by atomic mass is 10.2. The molecule has 0 unspecified atom stereocenters. The van der Waals surface area contributed by atoms with Gasteiger partial charge >= 0.3 is 0 Å². The largest absolute Gasteiger partial charge is 0.478 e. The van der Waals surface area contributed by atoms with E-state index in [2.05, 4.69) is 27.3 Å². The van der Waals surface area contributed by atoms with Crippen molar-refractivity contribution in [3.05, 3.63) is 46.0 Å². The lowest BCUT2D eigenvalue weighted by Crippen LogP contribution is -2.15. The summed E-state index contributed by atoms with van der Waals surface area (Å²) >= 11 is 1.37. The number of hydrogen-bond donors (Lipinski definition) is 1. The molecule has 0 radical (unpaired) electrons. The number of rotatable bonds is 7. The van der Waals surface area contributed by atoms with Gasteiger partial charge in [0, 0.05) is 30.6 Å². The summed E-state index contributed by atoms with van der Waals surface area (Å²) < 4.78 is 6.73. The van der Waals surface area contributed by atoms with Crippen molar-refractivity contribution in [2.45, 2.75) is 33.2 Å². The minimum atomic E-state index is -0.143. The zero-order valence-electron chi connectivity index (χ0n) is 13.7. The molecule has 126 valence electrons. The summed E-state index contributed by atoms with van der Waals surface area (Å²) in [5.41, 5.74) is 1.70. The Hall–Kier alpha value is -2.48. The fourth-order valence-corrected chi connectivity index (χ4v) is 3.10. The van der Waals surface area contributed by atoms with Gasteiger partial charge in [0.1, 0.15) is 0 Å². The van der Waals surface area contributed by atoms with Crippen LogP contribution in [0.3, 0.4) is 0 Å². The van der Waals surface area contributed by atoms with Crippen LogP contribution in [0.1, 0.15) is 31.5 Å². The molecule has 3 aromatic heterocycles. The van der Waals surface area contributed by atoms with Gasteiger partial charge in [-0.05, 0) is 25.0 Å². The molecule has 0 aliphatic heterocycles. The summed E-state index contributed by atoms with van der Waals surface area (Å²) in [5.74, 6) is 0.600. The van der Waals surface area contributed by atoms with E-state index in [1.807, 2.05) is 19.1 Å². The molecule has 3 aromatic rings. The highest BCUT2D eigenvalue weighted by Crippen LogP contribution is 2.18. The number of fused-ring (bicyclic) bond motifs is 1. The topological polar surface area (TPSA) is 81.4 Å². The van der Waals surface area contributed by atoms with Crippen LogP contribution < -0.4 is 15.6 Å². The second-order valence-corrected chi connectivity index (χ2v) is 6.18. The van der Waals surface area contributed by atoms with Crippen LogP contribution in [0, 0.1) is 0 Å². The smallest absolute Gasteiger partial charge is 0.275 e. The average Bonchev–Trinajstić information content (AvgIpc) is 2.98. The van der Waals surface area contributed by atoms with Crippen molar-refractivity contribution in [3.8, 4) is 5.88 Å². The molecule has 0 atom stereocenters. The summed E-state index contributed by atoms with van der Waals surface area (Å²) in [6.45, 7) is 5.13. The number of aromatic nitrogens is 4. The van der Waals surface area contributed by atoms with E-state index in [0.29, 0.717) is 29.1 Å². The Morgan fingerprint density at radius 3 is 3.00 bits per heavy atom. The Morgan fingerprint density at radius 1 is 1.33 bits per heavy atom. The van der Waals surface area contributed by atoms with Crippen LogP contribution in [0.25, 0.3) is 4.96 Å². The average molecular weight is 345 g/mol. The molecule has 0 aliphatic rings. The van der Waals surface area contributed by atoms with Gasteiger partial charge in [-0.3, -0.25) is 4.79 Å². The number of pyridine rings is 1. The summed E-state index contributed by atoms with van der Waals surface area (Å²) in [6.07, 6.45) is 3.46. The standard InChI is InChI=1S/C16H19N5O2S/c1-3-5-12-9-14(22)21-16(19-12)24-15(20-21)18-10-11-6-7-17-13(8-11)23-4-2/h6-9H,3-5,10H2,1-2H3,(H,18,20). The highest BCUT2D eigenvalue weighted by molar-refractivity contribution is 7.20. The molecule has 3 rings (SSSR count). The van der Waals surface area contributed by atoms with E-state index in [4.69, 9.17) is 4.74 Å². The van der Waals surface area contributed by atoms with Gasteiger partial charge in [-0.1, -0.05) is 24.7 Å².